The molecular formula is C12H17Cl2N3. The Bertz CT molecular complexity index is 393. The Labute approximate surface area is 112 Å². The Morgan fingerprint density at radius 1 is 1.41 bits per heavy atom. The van der Waals surface area contributed by atoms with Crippen LogP contribution in [-0.4, -0.2) is 23.8 Å². The summed E-state index contributed by atoms with van der Waals surface area (Å²) in [5.74, 6) is 0.209. The van der Waals surface area contributed by atoms with E-state index in [9.17, 15) is 0 Å². The summed E-state index contributed by atoms with van der Waals surface area (Å²) in [4.78, 5) is 2.18. The van der Waals surface area contributed by atoms with Crippen LogP contribution in [0, 0.1) is 5.41 Å². The molecule has 3 nitrogen and oxygen atoms in total. The van der Waals surface area contributed by atoms with E-state index in [1.807, 2.05) is 6.07 Å². The minimum absolute atomic E-state index is 0.209. The first-order valence-electron chi connectivity index (χ1n) is 5.52. The first-order chi connectivity index (χ1) is 8.02. The molecule has 94 valence electrons. The fourth-order valence-electron chi connectivity index (χ4n) is 1.53. The van der Waals surface area contributed by atoms with Gasteiger partial charge in [0.1, 0.15) is 0 Å². The predicted octanol–water partition coefficient (Wildman–Crippen LogP) is 3.14. The fraction of sp³-hybridized carbons (Fsp3) is 0.417. The molecule has 0 saturated carbocycles. The SMILES string of the molecule is CCN(CCC(=N)N)Cc1cc(Cl)ccc1Cl. The molecule has 0 heterocycles. The van der Waals surface area contributed by atoms with Crippen LogP contribution in [0.5, 0.6) is 0 Å². The number of halogens is 2. The highest BCUT2D eigenvalue weighted by molar-refractivity contribution is 6.33. The van der Waals surface area contributed by atoms with Crippen molar-refractivity contribution >= 4 is 29.0 Å². The standard InChI is InChI=1S/C12H17Cl2N3/c1-2-17(6-5-12(15)16)8-9-7-10(13)3-4-11(9)14/h3-4,7H,2,5-6,8H2,1H3,(H3,15,16). The minimum atomic E-state index is 0.209. The maximum absolute atomic E-state index is 7.22. The molecule has 5 heteroatoms. The maximum atomic E-state index is 7.22. The average Bonchev–Trinajstić information content (AvgIpc) is 2.28. The summed E-state index contributed by atoms with van der Waals surface area (Å²) >= 11 is 12.0. The molecule has 0 radical (unpaired) electrons. The van der Waals surface area contributed by atoms with Gasteiger partial charge in [0.05, 0.1) is 5.84 Å². The summed E-state index contributed by atoms with van der Waals surface area (Å²) in [6.07, 6.45) is 0.575. The maximum Gasteiger partial charge on any atom is 0.0918 e. The van der Waals surface area contributed by atoms with Crippen molar-refractivity contribution in [1.29, 1.82) is 5.41 Å². The number of rotatable bonds is 6. The number of nitrogens with two attached hydrogens (primary N) is 1. The van der Waals surface area contributed by atoms with Crippen molar-refractivity contribution in [2.24, 2.45) is 5.73 Å². The Balaban J connectivity index is 2.66. The van der Waals surface area contributed by atoms with Crippen molar-refractivity contribution in [1.82, 2.24) is 4.90 Å². The number of benzene rings is 1. The molecule has 1 aromatic carbocycles. The lowest BCUT2D eigenvalue weighted by atomic mass is 10.2. The monoisotopic (exact) mass is 273 g/mol. The molecule has 0 saturated heterocycles. The molecule has 0 unspecified atom stereocenters. The molecule has 0 aromatic heterocycles. The lowest BCUT2D eigenvalue weighted by Crippen LogP contribution is -2.27. The lowest BCUT2D eigenvalue weighted by Gasteiger charge is -2.20. The van der Waals surface area contributed by atoms with E-state index in [4.69, 9.17) is 34.3 Å². The van der Waals surface area contributed by atoms with Gasteiger partial charge in [0.15, 0.2) is 0 Å². The van der Waals surface area contributed by atoms with Crippen LogP contribution in [0.2, 0.25) is 10.0 Å². The van der Waals surface area contributed by atoms with Gasteiger partial charge < -0.3 is 5.73 Å². The van der Waals surface area contributed by atoms with Gasteiger partial charge in [0.2, 0.25) is 0 Å². The van der Waals surface area contributed by atoms with Crippen molar-refractivity contribution in [2.75, 3.05) is 13.1 Å². The van der Waals surface area contributed by atoms with E-state index < -0.39 is 0 Å². The summed E-state index contributed by atoms with van der Waals surface area (Å²) in [7, 11) is 0. The highest BCUT2D eigenvalue weighted by Gasteiger charge is 2.08. The van der Waals surface area contributed by atoms with Crippen molar-refractivity contribution in [3.8, 4) is 0 Å². The van der Waals surface area contributed by atoms with Gasteiger partial charge >= 0.3 is 0 Å². The zero-order valence-electron chi connectivity index (χ0n) is 9.84. The summed E-state index contributed by atoms with van der Waals surface area (Å²) < 4.78 is 0. The molecule has 0 atom stereocenters. The molecule has 0 fully saturated rings. The zero-order chi connectivity index (χ0) is 12.8. The number of nitrogens with zero attached hydrogens (tertiary/aromatic N) is 1. The molecule has 0 amide bonds. The van der Waals surface area contributed by atoms with E-state index in [1.165, 1.54) is 0 Å². The van der Waals surface area contributed by atoms with Crippen LogP contribution in [0.1, 0.15) is 18.9 Å². The molecule has 0 spiro atoms. The van der Waals surface area contributed by atoms with Crippen LogP contribution in [0.3, 0.4) is 0 Å². The van der Waals surface area contributed by atoms with Gasteiger partial charge in [0.25, 0.3) is 0 Å². The van der Waals surface area contributed by atoms with E-state index in [0.29, 0.717) is 11.4 Å². The molecule has 0 aliphatic rings. The van der Waals surface area contributed by atoms with E-state index in [1.54, 1.807) is 12.1 Å². The van der Waals surface area contributed by atoms with Gasteiger partial charge in [-0.15, -0.1) is 0 Å². The fourth-order valence-corrected chi connectivity index (χ4v) is 1.90. The Kier molecular flexibility index (Phi) is 5.75. The molecule has 17 heavy (non-hydrogen) atoms. The van der Waals surface area contributed by atoms with Crippen molar-refractivity contribution in [3.05, 3.63) is 33.8 Å². The summed E-state index contributed by atoms with van der Waals surface area (Å²) in [6.45, 7) is 4.44. The van der Waals surface area contributed by atoms with Gasteiger partial charge in [-0.2, -0.15) is 0 Å². The molecule has 3 N–H and O–H groups in total. The van der Waals surface area contributed by atoms with Crippen LogP contribution in [0.4, 0.5) is 0 Å². The largest absolute Gasteiger partial charge is 0.388 e. The van der Waals surface area contributed by atoms with Gasteiger partial charge in [-0.1, -0.05) is 30.1 Å². The van der Waals surface area contributed by atoms with Gasteiger partial charge in [-0.25, -0.2) is 0 Å². The summed E-state index contributed by atoms with van der Waals surface area (Å²) in [6, 6.07) is 5.46. The van der Waals surface area contributed by atoms with Crippen LogP contribution < -0.4 is 5.73 Å². The van der Waals surface area contributed by atoms with Crippen molar-refractivity contribution < 1.29 is 0 Å². The number of hydrogen-bond donors (Lipinski definition) is 2. The van der Waals surface area contributed by atoms with Gasteiger partial charge in [-0.3, -0.25) is 10.3 Å². The Morgan fingerprint density at radius 2 is 2.12 bits per heavy atom. The zero-order valence-corrected chi connectivity index (χ0v) is 11.4. The quantitative estimate of drug-likeness (QED) is 0.618. The average molecular weight is 274 g/mol. The van der Waals surface area contributed by atoms with Crippen LogP contribution in [-0.2, 0) is 6.54 Å². The van der Waals surface area contributed by atoms with Crippen LogP contribution >= 0.6 is 23.2 Å². The second-order valence-electron chi connectivity index (χ2n) is 3.88. The van der Waals surface area contributed by atoms with Crippen molar-refractivity contribution in [2.45, 2.75) is 19.9 Å². The molecule has 0 aliphatic carbocycles. The second kappa shape index (κ2) is 6.84. The number of nitrogens with one attached hydrogen (secondary N) is 1. The van der Waals surface area contributed by atoms with Crippen LogP contribution in [0.15, 0.2) is 18.2 Å². The van der Waals surface area contributed by atoms with Gasteiger partial charge in [0, 0.05) is 29.6 Å². The van der Waals surface area contributed by atoms with E-state index in [-0.39, 0.29) is 5.84 Å². The minimum Gasteiger partial charge on any atom is -0.388 e. The molecule has 0 aliphatic heterocycles. The number of hydrogen-bond acceptors (Lipinski definition) is 2. The highest BCUT2D eigenvalue weighted by Crippen LogP contribution is 2.22. The van der Waals surface area contributed by atoms with Gasteiger partial charge in [-0.05, 0) is 30.3 Å². The predicted molar refractivity (Wildman–Crippen MR) is 73.9 cm³/mol. The third kappa shape index (κ3) is 4.94. The van der Waals surface area contributed by atoms with Crippen molar-refractivity contribution in [3.63, 3.8) is 0 Å². The Morgan fingerprint density at radius 3 is 2.71 bits per heavy atom. The first-order valence-corrected chi connectivity index (χ1v) is 6.27. The molecular weight excluding hydrogens is 257 g/mol. The number of amidine groups is 1. The Hall–Kier alpha value is -0.770. The summed E-state index contributed by atoms with van der Waals surface area (Å²) in [5.41, 5.74) is 6.36. The highest BCUT2D eigenvalue weighted by atomic mass is 35.5. The molecule has 0 bridgehead atoms. The lowest BCUT2D eigenvalue weighted by molar-refractivity contribution is 0.288. The molecule has 1 rings (SSSR count). The molecule has 1 aromatic rings. The van der Waals surface area contributed by atoms with Crippen LogP contribution in [0.25, 0.3) is 0 Å². The third-order valence-electron chi connectivity index (χ3n) is 2.55. The van der Waals surface area contributed by atoms with E-state index >= 15 is 0 Å². The normalized spacial score (nSPS) is 10.8. The first kappa shape index (κ1) is 14.3. The summed E-state index contributed by atoms with van der Waals surface area (Å²) in [5, 5.41) is 8.63. The van der Waals surface area contributed by atoms with E-state index in [0.717, 1.165) is 30.2 Å². The topological polar surface area (TPSA) is 53.1 Å². The second-order valence-corrected chi connectivity index (χ2v) is 4.72. The van der Waals surface area contributed by atoms with E-state index in [2.05, 4.69) is 11.8 Å². The smallest absolute Gasteiger partial charge is 0.0918 e. The third-order valence-corrected chi connectivity index (χ3v) is 3.15.